The topological polar surface area (TPSA) is 161 Å². The van der Waals surface area contributed by atoms with Crippen LogP contribution in [0.3, 0.4) is 0 Å². The highest BCUT2D eigenvalue weighted by atomic mass is 79.9. The third-order valence-corrected chi connectivity index (χ3v) is 15.6. The molecule has 475 valence electrons. The van der Waals surface area contributed by atoms with Crippen LogP contribution in [-0.2, 0) is 73.5 Å². The molecule has 0 saturated carbocycles. The minimum absolute atomic E-state index is 0.0210. The van der Waals surface area contributed by atoms with Crippen LogP contribution in [0.4, 0.5) is 26.3 Å². The number of carboxylic acids is 1. The molecule has 0 aliphatic rings. The number of alkyl halides is 6. The number of aliphatic hydroxyl groups is 3. The molecule has 10 aromatic rings. The molecular weight excluding hydrogens is 1310 g/mol. The molecule has 3 heterocycles. The van der Waals surface area contributed by atoms with Crippen LogP contribution in [0.5, 0.6) is 0 Å². The summed E-state index contributed by atoms with van der Waals surface area (Å²) in [7, 11) is 1.59. The molecule has 0 amide bonds. The number of aliphatic hydroxyl groups excluding tert-OH is 2. The van der Waals surface area contributed by atoms with Crippen molar-refractivity contribution in [2.24, 2.45) is 0 Å². The summed E-state index contributed by atoms with van der Waals surface area (Å²) in [5.41, 5.74) is 8.94. The Bertz CT molecular complexity index is 3860. The van der Waals surface area contributed by atoms with Crippen LogP contribution in [-0.4, -0.2) is 87.6 Å². The van der Waals surface area contributed by atoms with Crippen molar-refractivity contribution in [1.29, 1.82) is 0 Å². The Morgan fingerprint density at radius 3 is 1.32 bits per heavy atom. The highest BCUT2D eigenvalue weighted by Crippen LogP contribution is 2.32. The van der Waals surface area contributed by atoms with Gasteiger partial charge in [0.15, 0.2) is 0 Å². The lowest BCUT2D eigenvalue weighted by Crippen LogP contribution is -2.49. The molecule has 0 saturated heterocycles. The number of carbonyl (C=O) groups is 1. The van der Waals surface area contributed by atoms with Gasteiger partial charge in [-0.25, -0.2) is 0 Å². The molecule has 1 radical (unpaired) electrons. The van der Waals surface area contributed by atoms with Crippen molar-refractivity contribution in [1.82, 2.24) is 29.3 Å². The zero-order chi connectivity index (χ0) is 65.8. The van der Waals surface area contributed by atoms with Gasteiger partial charge in [-0.2, -0.15) is 41.6 Å². The lowest BCUT2D eigenvalue weighted by molar-refractivity contribution is -0.138. The second-order valence-corrected chi connectivity index (χ2v) is 23.9. The van der Waals surface area contributed by atoms with E-state index in [2.05, 4.69) is 54.2 Å². The number of rotatable bonds is 21. The van der Waals surface area contributed by atoms with E-state index in [9.17, 15) is 41.4 Å². The maximum Gasteiger partial charge on any atom is 0.416 e. The fraction of sp³-hybridized carbons (Fsp3) is 0.257. The molecule has 91 heavy (non-hydrogen) atoms. The zero-order valence-corrected chi connectivity index (χ0v) is 53.8. The largest absolute Gasteiger partial charge is 0.481 e. The number of nitrogens with zero attached hydrogens (tertiary/aromatic N) is 6. The molecule has 0 spiro atoms. The third kappa shape index (κ3) is 21.9. The smallest absolute Gasteiger partial charge is 0.416 e. The molecule has 0 atom stereocenters. The number of aliphatic carboxylic acids is 1. The molecule has 0 aliphatic heterocycles. The quantitative estimate of drug-likeness (QED) is 0.0405. The van der Waals surface area contributed by atoms with Crippen LogP contribution >= 0.6 is 31.9 Å². The van der Waals surface area contributed by atoms with Crippen molar-refractivity contribution in [3.05, 3.63) is 283 Å². The SMILES string of the molecule is CC(C)(O)C(C)(C)O[B]c1ccccc1Cc1ccc(C(F)(F)F)cc1.O=C(O)Cc1cc(Br)nn1Cc1ccccc1.OCCc1cc(-c2ccccc2Cc2ccc(C(F)(F)F)cc2)nn1Cc1ccccc1.OCCc1cc(Br)nn1Cc1ccccc1. The van der Waals surface area contributed by atoms with Gasteiger partial charge in [0.05, 0.1) is 59.8 Å². The van der Waals surface area contributed by atoms with E-state index in [1.807, 2.05) is 149 Å². The van der Waals surface area contributed by atoms with Gasteiger partial charge in [-0.3, -0.25) is 18.8 Å². The average molecular weight is 1380 g/mol. The van der Waals surface area contributed by atoms with Crippen molar-refractivity contribution >= 4 is 50.8 Å². The number of aromatic nitrogens is 6. The minimum Gasteiger partial charge on any atom is -0.481 e. The van der Waals surface area contributed by atoms with Gasteiger partial charge < -0.3 is 25.1 Å². The normalized spacial score (nSPS) is 11.6. The molecule has 21 heteroatoms. The van der Waals surface area contributed by atoms with Crippen molar-refractivity contribution in [3.8, 4) is 11.3 Å². The fourth-order valence-corrected chi connectivity index (χ4v) is 10.1. The van der Waals surface area contributed by atoms with E-state index in [1.165, 1.54) is 29.8 Å². The monoisotopic (exact) mass is 1370 g/mol. The first kappa shape index (κ1) is 70.5. The Morgan fingerprint density at radius 1 is 0.495 bits per heavy atom. The van der Waals surface area contributed by atoms with Crippen LogP contribution < -0.4 is 5.46 Å². The zero-order valence-electron chi connectivity index (χ0n) is 50.6. The Kier molecular flexibility index (Phi) is 25.5. The second kappa shape index (κ2) is 32.9. The van der Waals surface area contributed by atoms with E-state index >= 15 is 0 Å². The van der Waals surface area contributed by atoms with Gasteiger partial charge >= 0.3 is 25.8 Å². The van der Waals surface area contributed by atoms with E-state index in [1.54, 1.807) is 45.9 Å². The molecule has 12 nitrogen and oxygen atoms in total. The van der Waals surface area contributed by atoms with Crippen molar-refractivity contribution in [2.45, 2.75) is 103 Å². The lowest BCUT2D eigenvalue weighted by Gasteiger charge is -2.37. The van der Waals surface area contributed by atoms with Crippen LogP contribution in [0.15, 0.2) is 215 Å². The van der Waals surface area contributed by atoms with Gasteiger partial charge in [0.2, 0.25) is 0 Å². The Labute approximate surface area is 543 Å². The number of benzene rings is 7. The molecule has 3 aromatic heterocycles. The summed E-state index contributed by atoms with van der Waals surface area (Å²) in [4.78, 5) is 10.7. The Hall–Kier alpha value is -7.92. The summed E-state index contributed by atoms with van der Waals surface area (Å²) in [6.07, 6.45) is -6.60. The maximum absolute atomic E-state index is 12.9. The van der Waals surface area contributed by atoms with Crippen LogP contribution in [0.1, 0.15) is 94.8 Å². The molecule has 10 rings (SSSR count). The predicted octanol–water partition coefficient (Wildman–Crippen LogP) is 14.4. The van der Waals surface area contributed by atoms with Gasteiger partial charge in [0.1, 0.15) is 9.21 Å². The van der Waals surface area contributed by atoms with Gasteiger partial charge in [0, 0.05) is 43.0 Å². The van der Waals surface area contributed by atoms with Gasteiger partial charge in [0.25, 0.3) is 0 Å². The summed E-state index contributed by atoms with van der Waals surface area (Å²) in [5, 5.41) is 50.8. The van der Waals surface area contributed by atoms with E-state index in [0.29, 0.717) is 49.1 Å². The summed E-state index contributed by atoms with van der Waals surface area (Å²) in [6.45, 7) is 9.02. The fourth-order valence-electron chi connectivity index (χ4n) is 9.19. The average Bonchev–Trinajstić information content (AvgIpc) is 2.10. The molecule has 0 aliphatic carbocycles. The first-order valence-electron chi connectivity index (χ1n) is 29.1. The maximum atomic E-state index is 12.9. The summed E-state index contributed by atoms with van der Waals surface area (Å²) < 4.78 is 89.4. The van der Waals surface area contributed by atoms with Crippen LogP contribution in [0, 0.1) is 0 Å². The predicted molar refractivity (Wildman–Crippen MR) is 349 cm³/mol. The molecule has 0 bridgehead atoms. The summed E-state index contributed by atoms with van der Waals surface area (Å²) >= 11 is 6.61. The van der Waals surface area contributed by atoms with Gasteiger partial charge in [-0.05, 0) is 159 Å². The Balaban J connectivity index is 0.000000179. The van der Waals surface area contributed by atoms with Crippen molar-refractivity contribution in [3.63, 3.8) is 0 Å². The lowest BCUT2D eigenvalue weighted by atomic mass is 9.79. The van der Waals surface area contributed by atoms with Crippen molar-refractivity contribution in [2.75, 3.05) is 13.2 Å². The molecule has 7 aromatic carbocycles. The van der Waals surface area contributed by atoms with E-state index in [-0.39, 0.29) is 19.6 Å². The molecule has 0 fully saturated rings. The number of carboxylic acid groups (broad SMARTS) is 1. The summed E-state index contributed by atoms with van der Waals surface area (Å²) in [5.74, 6) is -0.855. The van der Waals surface area contributed by atoms with E-state index in [4.69, 9.17) is 20.0 Å². The molecule has 0 unspecified atom stereocenters. The Morgan fingerprint density at radius 2 is 0.879 bits per heavy atom. The second-order valence-electron chi connectivity index (χ2n) is 22.3. The molecular formula is C70H70BBr2F6N6O6. The van der Waals surface area contributed by atoms with Crippen LogP contribution in [0.25, 0.3) is 11.3 Å². The first-order valence-corrected chi connectivity index (χ1v) is 30.7. The first-order chi connectivity index (χ1) is 43.3. The standard InChI is InChI=1S/C26H23F3N2O.C20H23BF3O2.C12H11BrN2O2.C12H13BrN2O/c27-26(28,29)22-12-10-19(11-13-22)16-21-8-4-5-9-24(21)25-17-23(14-15-32)31(30-25)18-20-6-2-1-3-7-20;1-18(2,25)19(3,4)26-21-17-8-6-5-7-15(17)13-14-9-11-16(12-10-14)20(22,23)24;13-11-6-10(7-12(16)17)15(14-11)8-9-4-2-1-3-5-9;13-12-8-11(6-7-16)15(14-12)9-10-4-2-1-3-5-10/h1-13,17,32H,14-16,18H2;5-12,25H,13H2,1-4H3;1-6H,7-8H2,(H,16,17);1-5,8,16H,6-7,9H2. The highest BCUT2D eigenvalue weighted by molar-refractivity contribution is 9.10. The van der Waals surface area contributed by atoms with Crippen molar-refractivity contribution < 1.29 is 56.2 Å². The van der Waals surface area contributed by atoms with Crippen LogP contribution in [0.2, 0.25) is 0 Å². The van der Waals surface area contributed by atoms with E-state index < -0.39 is 40.7 Å². The summed E-state index contributed by atoms with van der Waals surface area (Å²) in [6, 6.07) is 61.3. The number of halogens is 8. The number of hydrogen-bond acceptors (Lipinski definition) is 8. The van der Waals surface area contributed by atoms with Gasteiger partial charge in [-0.15, -0.1) is 0 Å². The minimum atomic E-state index is -4.34. The highest BCUT2D eigenvalue weighted by Gasteiger charge is 2.36. The third-order valence-electron chi connectivity index (χ3n) is 14.8. The number of hydrogen-bond donors (Lipinski definition) is 4. The van der Waals surface area contributed by atoms with Gasteiger partial charge in [-0.1, -0.05) is 164 Å². The molecule has 4 N–H and O–H groups in total. The van der Waals surface area contributed by atoms with E-state index in [0.717, 1.165) is 96.9 Å².